The molecule has 0 bridgehead atoms. The van der Waals surface area contributed by atoms with Gasteiger partial charge in [-0.1, -0.05) is 0 Å². The van der Waals surface area contributed by atoms with E-state index >= 15 is 0 Å². The summed E-state index contributed by atoms with van der Waals surface area (Å²) < 4.78 is 90.7. The van der Waals surface area contributed by atoms with E-state index in [4.69, 9.17) is 4.74 Å². The molecule has 1 saturated heterocycles. The number of hydrogen-bond acceptors (Lipinski definition) is 4. The van der Waals surface area contributed by atoms with Gasteiger partial charge in [0.1, 0.15) is 6.61 Å². The van der Waals surface area contributed by atoms with Crippen molar-refractivity contribution in [2.24, 2.45) is 0 Å². The number of rotatable bonds is 5. The molecule has 2 rings (SSSR count). The van der Waals surface area contributed by atoms with Crippen LogP contribution < -0.4 is 0 Å². The first-order valence-electron chi connectivity index (χ1n) is 6.04. The Hall–Kier alpha value is -1.33. The molecule has 0 aliphatic carbocycles. The molecule has 124 valence electrons. The van der Waals surface area contributed by atoms with Gasteiger partial charge in [-0.15, -0.1) is 0 Å². The number of aromatic nitrogens is 1. The Balaban J connectivity index is 2.00. The summed E-state index contributed by atoms with van der Waals surface area (Å²) in [5, 5.41) is -0.534. The van der Waals surface area contributed by atoms with Gasteiger partial charge in [-0.05, 0) is 12.1 Å². The van der Waals surface area contributed by atoms with Gasteiger partial charge in [-0.2, -0.15) is 17.5 Å². The summed E-state index contributed by atoms with van der Waals surface area (Å²) in [6.45, 7) is -1.08. The van der Waals surface area contributed by atoms with E-state index in [-0.39, 0.29) is 13.1 Å². The Bertz CT molecular complexity index is 612. The maximum absolute atomic E-state index is 12.4. The van der Waals surface area contributed by atoms with Gasteiger partial charge < -0.3 is 4.74 Å². The molecule has 0 spiro atoms. The molecule has 0 saturated carbocycles. The van der Waals surface area contributed by atoms with Crippen molar-refractivity contribution in [3.05, 3.63) is 23.9 Å². The lowest BCUT2D eigenvalue weighted by Gasteiger charge is -2.37. The van der Waals surface area contributed by atoms with Gasteiger partial charge in [0.05, 0.1) is 11.7 Å². The molecule has 0 N–H and O–H groups in total. The quantitative estimate of drug-likeness (QED) is 0.763. The molecular weight excluding hydrogens is 335 g/mol. The standard InChI is InChI=1S/C11H11F5N2O3S/c12-9(13)6-21-8-4-18(5-8)22(19,20)10-2-1-7(3-17-10)11(14,15)16/h1-3,8-9H,4-6H2. The average molecular weight is 346 g/mol. The summed E-state index contributed by atoms with van der Waals surface area (Å²) in [5.41, 5.74) is -1.06. The minimum atomic E-state index is -4.61. The zero-order chi connectivity index (χ0) is 16.5. The van der Waals surface area contributed by atoms with Crippen molar-refractivity contribution < 1.29 is 35.1 Å². The SMILES string of the molecule is O=S(=O)(c1ccc(C(F)(F)F)cn1)N1CC(OCC(F)F)C1. The molecular formula is C11H11F5N2O3S. The summed E-state index contributed by atoms with van der Waals surface area (Å²) in [7, 11) is -4.05. The molecule has 1 aromatic heterocycles. The highest BCUT2D eigenvalue weighted by Crippen LogP contribution is 2.29. The number of ether oxygens (including phenoxy) is 1. The third-order valence-corrected chi connectivity index (χ3v) is 4.69. The Morgan fingerprint density at radius 2 is 1.95 bits per heavy atom. The third kappa shape index (κ3) is 3.70. The Morgan fingerprint density at radius 3 is 2.41 bits per heavy atom. The van der Waals surface area contributed by atoms with E-state index < -0.39 is 45.9 Å². The van der Waals surface area contributed by atoms with Crippen LogP contribution in [0.15, 0.2) is 23.4 Å². The number of nitrogens with zero attached hydrogens (tertiary/aromatic N) is 2. The topological polar surface area (TPSA) is 59.5 Å². The number of pyridine rings is 1. The minimum Gasteiger partial charge on any atom is -0.370 e. The lowest BCUT2D eigenvalue weighted by molar-refractivity contribution is -0.137. The number of hydrogen-bond donors (Lipinski definition) is 0. The predicted molar refractivity (Wildman–Crippen MR) is 63.7 cm³/mol. The van der Waals surface area contributed by atoms with Gasteiger partial charge in [0.2, 0.25) is 0 Å². The molecule has 1 aliphatic heterocycles. The van der Waals surface area contributed by atoms with E-state index in [0.717, 1.165) is 10.4 Å². The van der Waals surface area contributed by atoms with E-state index in [0.29, 0.717) is 12.3 Å². The predicted octanol–water partition coefficient (Wildman–Crippen LogP) is 1.75. The van der Waals surface area contributed by atoms with Gasteiger partial charge in [0, 0.05) is 19.3 Å². The zero-order valence-electron chi connectivity index (χ0n) is 10.9. The van der Waals surface area contributed by atoms with E-state index in [2.05, 4.69) is 4.98 Å². The van der Waals surface area contributed by atoms with Crippen LogP contribution in [-0.2, 0) is 20.9 Å². The van der Waals surface area contributed by atoms with Crippen LogP contribution in [0.5, 0.6) is 0 Å². The maximum Gasteiger partial charge on any atom is 0.417 e. The van der Waals surface area contributed by atoms with Crippen molar-refractivity contribution in [1.29, 1.82) is 0 Å². The lowest BCUT2D eigenvalue weighted by Crippen LogP contribution is -2.55. The monoisotopic (exact) mass is 346 g/mol. The van der Waals surface area contributed by atoms with E-state index in [1.54, 1.807) is 0 Å². The zero-order valence-corrected chi connectivity index (χ0v) is 11.7. The Labute approximate surface area is 122 Å². The lowest BCUT2D eigenvalue weighted by atomic mass is 10.2. The third-order valence-electron chi connectivity index (χ3n) is 2.94. The summed E-state index contributed by atoms with van der Waals surface area (Å²) in [6.07, 6.45) is -7.49. The second kappa shape index (κ2) is 6.05. The Kier molecular flexibility index (Phi) is 4.68. The van der Waals surface area contributed by atoms with Crippen LogP contribution in [0.3, 0.4) is 0 Å². The number of halogens is 5. The first-order valence-corrected chi connectivity index (χ1v) is 7.48. The van der Waals surface area contributed by atoms with Gasteiger partial charge in [-0.25, -0.2) is 22.2 Å². The summed E-state index contributed by atoms with van der Waals surface area (Å²) in [6, 6.07) is 1.37. The number of alkyl halides is 5. The molecule has 11 heteroatoms. The van der Waals surface area contributed by atoms with Gasteiger partial charge in [-0.3, -0.25) is 0 Å². The van der Waals surface area contributed by atoms with Crippen LogP contribution in [0.4, 0.5) is 22.0 Å². The largest absolute Gasteiger partial charge is 0.417 e. The van der Waals surface area contributed by atoms with E-state index in [1.807, 2.05) is 0 Å². The molecule has 1 aliphatic rings. The molecule has 22 heavy (non-hydrogen) atoms. The molecule has 0 radical (unpaired) electrons. The van der Waals surface area contributed by atoms with E-state index in [9.17, 15) is 30.4 Å². The fourth-order valence-electron chi connectivity index (χ4n) is 1.74. The fourth-order valence-corrected chi connectivity index (χ4v) is 3.16. The summed E-state index contributed by atoms with van der Waals surface area (Å²) >= 11 is 0. The highest BCUT2D eigenvalue weighted by atomic mass is 32.2. The van der Waals surface area contributed by atoms with Gasteiger partial charge in [0.25, 0.3) is 16.4 Å². The maximum atomic E-state index is 12.4. The van der Waals surface area contributed by atoms with Gasteiger partial charge >= 0.3 is 6.18 Å². The average Bonchev–Trinajstić information content (AvgIpc) is 2.35. The smallest absolute Gasteiger partial charge is 0.370 e. The van der Waals surface area contributed by atoms with Crippen LogP contribution in [0.25, 0.3) is 0 Å². The molecule has 0 unspecified atom stereocenters. The van der Waals surface area contributed by atoms with Gasteiger partial charge in [0.15, 0.2) is 5.03 Å². The summed E-state index contributed by atoms with van der Waals surface area (Å²) in [5.74, 6) is 0. The second-order valence-electron chi connectivity index (χ2n) is 4.55. The Morgan fingerprint density at radius 1 is 1.32 bits per heavy atom. The first kappa shape index (κ1) is 17.0. The van der Waals surface area contributed by atoms with Crippen molar-refractivity contribution in [1.82, 2.24) is 9.29 Å². The van der Waals surface area contributed by atoms with Crippen molar-refractivity contribution in [2.75, 3.05) is 19.7 Å². The minimum absolute atomic E-state index is 0.141. The van der Waals surface area contributed by atoms with Crippen LogP contribution in [0, 0.1) is 0 Å². The van der Waals surface area contributed by atoms with Crippen LogP contribution in [0.2, 0.25) is 0 Å². The summed E-state index contributed by atoms with van der Waals surface area (Å²) in [4.78, 5) is 3.31. The molecule has 1 fully saturated rings. The molecule has 0 amide bonds. The van der Waals surface area contributed by atoms with Crippen LogP contribution in [-0.4, -0.2) is 49.9 Å². The van der Waals surface area contributed by atoms with E-state index in [1.165, 1.54) is 0 Å². The normalized spacial score (nSPS) is 17.7. The van der Waals surface area contributed by atoms with Crippen LogP contribution in [0.1, 0.15) is 5.56 Å². The number of sulfonamides is 1. The molecule has 5 nitrogen and oxygen atoms in total. The van der Waals surface area contributed by atoms with Crippen molar-refractivity contribution >= 4 is 10.0 Å². The highest BCUT2D eigenvalue weighted by Gasteiger charge is 2.39. The highest BCUT2D eigenvalue weighted by molar-refractivity contribution is 7.89. The van der Waals surface area contributed by atoms with Crippen molar-refractivity contribution in [2.45, 2.75) is 23.7 Å². The van der Waals surface area contributed by atoms with Crippen molar-refractivity contribution in [3.8, 4) is 0 Å². The molecule has 0 aromatic carbocycles. The van der Waals surface area contributed by atoms with Crippen molar-refractivity contribution in [3.63, 3.8) is 0 Å². The first-order chi connectivity index (χ1) is 10.1. The molecule has 2 heterocycles. The fraction of sp³-hybridized carbons (Fsp3) is 0.545. The van der Waals surface area contributed by atoms with Crippen LogP contribution >= 0.6 is 0 Å². The molecule has 1 aromatic rings. The second-order valence-corrected chi connectivity index (χ2v) is 6.44. The molecule has 0 atom stereocenters.